The first-order chi connectivity index (χ1) is 11.6. The van der Waals surface area contributed by atoms with Gasteiger partial charge in [-0.3, -0.25) is 0 Å². The molecule has 0 radical (unpaired) electrons. The molecule has 0 amide bonds. The van der Waals surface area contributed by atoms with Crippen molar-refractivity contribution < 1.29 is 42.4 Å². The van der Waals surface area contributed by atoms with Crippen LogP contribution >= 0.6 is 23.2 Å². The average molecular weight is 500 g/mol. The molecule has 152 valence electrons. The summed E-state index contributed by atoms with van der Waals surface area (Å²) in [6.07, 6.45) is 0. The zero-order valence-corrected chi connectivity index (χ0v) is 17.9. The van der Waals surface area contributed by atoms with Gasteiger partial charge in [0.25, 0.3) is 0 Å². The number of anilines is 2. The van der Waals surface area contributed by atoms with E-state index in [1.807, 2.05) is 0 Å². The van der Waals surface area contributed by atoms with E-state index in [9.17, 15) is 25.9 Å². The summed E-state index contributed by atoms with van der Waals surface area (Å²) in [6, 6.07) is 4.84. The van der Waals surface area contributed by atoms with E-state index in [-0.39, 0.29) is 47.7 Å². The van der Waals surface area contributed by atoms with E-state index in [4.69, 9.17) is 34.7 Å². The quantitative estimate of drug-likeness (QED) is 0.360. The molecular formula is C14H14Cl2N2NiO6S2. The van der Waals surface area contributed by atoms with Crippen LogP contribution in [0.4, 0.5) is 11.4 Å². The van der Waals surface area contributed by atoms with E-state index < -0.39 is 20.2 Å². The fourth-order valence-electron chi connectivity index (χ4n) is 1.91. The second-order valence-corrected chi connectivity index (χ2v) is 8.70. The third-order valence-corrected chi connectivity index (χ3v) is 5.74. The zero-order chi connectivity index (χ0) is 20.4. The Hall–Kier alpha value is -1.07. The van der Waals surface area contributed by atoms with Gasteiger partial charge >= 0.3 is 16.5 Å². The van der Waals surface area contributed by atoms with Gasteiger partial charge in [0.05, 0.1) is 31.2 Å². The van der Waals surface area contributed by atoms with Crippen LogP contribution in [0.1, 0.15) is 11.1 Å². The number of aryl methyl sites for hydroxylation is 2. The molecule has 0 heterocycles. The van der Waals surface area contributed by atoms with E-state index >= 15 is 0 Å². The Bertz CT molecular complexity index is 974. The van der Waals surface area contributed by atoms with Gasteiger partial charge in [-0.25, -0.2) is 16.8 Å². The molecule has 0 fully saturated rings. The minimum Gasteiger partial charge on any atom is -0.744 e. The molecule has 2 aromatic carbocycles. The molecular weight excluding hydrogens is 486 g/mol. The number of benzene rings is 2. The fourth-order valence-corrected chi connectivity index (χ4v) is 3.80. The molecule has 0 unspecified atom stereocenters. The Morgan fingerprint density at radius 2 is 1.00 bits per heavy atom. The molecule has 0 aliphatic rings. The molecule has 0 spiro atoms. The monoisotopic (exact) mass is 498 g/mol. The van der Waals surface area contributed by atoms with E-state index in [1.54, 1.807) is 0 Å². The van der Waals surface area contributed by atoms with Crippen molar-refractivity contribution in [3.63, 3.8) is 0 Å². The SMILES string of the molecule is Cc1cc(N)c(Cl)cc1S(=O)(=O)[O-].Cc1cc(N)c(Cl)cc1S(=O)(=O)[O-].[Ni+2]. The van der Waals surface area contributed by atoms with Crippen LogP contribution in [0.25, 0.3) is 0 Å². The maximum atomic E-state index is 10.7. The predicted molar refractivity (Wildman–Crippen MR) is 97.1 cm³/mol. The van der Waals surface area contributed by atoms with Crippen LogP contribution in [0.5, 0.6) is 0 Å². The van der Waals surface area contributed by atoms with Crippen LogP contribution in [0.3, 0.4) is 0 Å². The van der Waals surface area contributed by atoms with E-state index in [0.29, 0.717) is 11.1 Å². The first kappa shape index (κ1) is 25.9. The Kier molecular flexibility index (Phi) is 9.05. The number of hydrogen-bond donors (Lipinski definition) is 2. The van der Waals surface area contributed by atoms with Gasteiger partial charge in [-0.1, -0.05) is 23.2 Å². The molecule has 0 bridgehead atoms. The summed E-state index contributed by atoms with van der Waals surface area (Å²) in [5.74, 6) is 0. The summed E-state index contributed by atoms with van der Waals surface area (Å²) in [4.78, 5) is -0.654. The molecule has 0 saturated heterocycles. The number of hydrogen-bond acceptors (Lipinski definition) is 8. The van der Waals surface area contributed by atoms with Gasteiger partial charge in [0, 0.05) is 0 Å². The number of halogens is 2. The Labute approximate surface area is 177 Å². The molecule has 0 aliphatic carbocycles. The third-order valence-electron chi connectivity index (χ3n) is 3.13. The molecule has 4 N–H and O–H groups in total. The van der Waals surface area contributed by atoms with Crippen molar-refractivity contribution >= 4 is 54.8 Å². The van der Waals surface area contributed by atoms with E-state index in [2.05, 4.69) is 0 Å². The summed E-state index contributed by atoms with van der Waals surface area (Å²) >= 11 is 11.1. The van der Waals surface area contributed by atoms with Crippen molar-refractivity contribution in [2.75, 3.05) is 11.5 Å². The Morgan fingerprint density at radius 3 is 1.22 bits per heavy atom. The van der Waals surface area contributed by atoms with E-state index in [1.165, 1.54) is 26.0 Å². The topological polar surface area (TPSA) is 166 Å². The van der Waals surface area contributed by atoms with Crippen LogP contribution in [0.15, 0.2) is 34.1 Å². The van der Waals surface area contributed by atoms with Gasteiger partial charge in [-0.05, 0) is 49.2 Å². The summed E-state index contributed by atoms with van der Waals surface area (Å²) < 4.78 is 64.0. The standard InChI is InChI=1S/2C7H8ClNO3S.Ni/c2*1-4-2-6(9)5(8)3-7(4)13(10,11)12;/h2*2-3H,9H2,1H3,(H,10,11,12);/q;;+2/p-2. The maximum absolute atomic E-state index is 10.7. The van der Waals surface area contributed by atoms with Crippen molar-refractivity contribution in [1.82, 2.24) is 0 Å². The Morgan fingerprint density at radius 1 is 0.741 bits per heavy atom. The van der Waals surface area contributed by atoms with Crippen molar-refractivity contribution in [2.24, 2.45) is 0 Å². The second kappa shape index (κ2) is 9.42. The van der Waals surface area contributed by atoms with Gasteiger partial charge in [-0.2, -0.15) is 0 Å². The second-order valence-electron chi connectivity index (χ2n) is 5.19. The molecule has 2 aromatic rings. The van der Waals surface area contributed by atoms with Crippen molar-refractivity contribution in [2.45, 2.75) is 23.6 Å². The molecule has 0 atom stereocenters. The van der Waals surface area contributed by atoms with Gasteiger partial charge < -0.3 is 20.6 Å². The van der Waals surface area contributed by atoms with Crippen LogP contribution in [-0.2, 0) is 36.7 Å². The maximum Gasteiger partial charge on any atom is 2.00 e. The molecule has 27 heavy (non-hydrogen) atoms. The van der Waals surface area contributed by atoms with Crippen LogP contribution in [0, 0.1) is 13.8 Å². The van der Waals surface area contributed by atoms with Crippen LogP contribution < -0.4 is 11.5 Å². The van der Waals surface area contributed by atoms with Crippen LogP contribution in [0.2, 0.25) is 10.0 Å². The van der Waals surface area contributed by atoms with Gasteiger partial charge in [0.15, 0.2) is 0 Å². The third kappa shape index (κ3) is 7.11. The smallest absolute Gasteiger partial charge is 0.744 e. The van der Waals surface area contributed by atoms with Crippen molar-refractivity contribution in [3.05, 3.63) is 45.4 Å². The van der Waals surface area contributed by atoms with Crippen molar-refractivity contribution in [1.29, 1.82) is 0 Å². The molecule has 8 nitrogen and oxygen atoms in total. The van der Waals surface area contributed by atoms with Gasteiger partial charge in [0.1, 0.15) is 20.2 Å². The number of nitrogen functional groups attached to an aromatic ring is 2. The van der Waals surface area contributed by atoms with Gasteiger partial charge in [0.2, 0.25) is 0 Å². The van der Waals surface area contributed by atoms with Gasteiger partial charge in [-0.15, -0.1) is 0 Å². The fraction of sp³-hybridized carbons (Fsp3) is 0.143. The molecule has 0 aromatic heterocycles. The first-order valence-corrected chi connectivity index (χ1v) is 10.2. The van der Waals surface area contributed by atoms with Crippen molar-refractivity contribution in [3.8, 4) is 0 Å². The summed E-state index contributed by atoms with van der Waals surface area (Å²) in [5.41, 5.74) is 11.9. The molecule has 2 rings (SSSR count). The summed E-state index contributed by atoms with van der Waals surface area (Å²) in [5, 5.41) is 0.139. The largest absolute Gasteiger partial charge is 2.00 e. The normalized spacial score (nSPS) is 11.2. The van der Waals surface area contributed by atoms with E-state index in [0.717, 1.165) is 12.1 Å². The Balaban J connectivity index is 0.000000483. The average Bonchev–Trinajstić information content (AvgIpc) is 2.45. The minimum absolute atomic E-state index is 0. The molecule has 13 heteroatoms. The summed E-state index contributed by atoms with van der Waals surface area (Å²) in [7, 11) is -8.93. The minimum atomic E-state index is -4.46. The molecule has 0 saturated carbocycles. The van der Waals surface area contributed by atoms with Crippen LogP contribution in [-0.4, -0.2) is 25.9 Å². The zero-order valence-electron chi connectivity index (χ0n) is 13.8. The summed E-state index contributed by atoms with van der Waals surface area (Å²) in [6.45, 7) is 2.97. The molecule has 0 aliphatic heterocycles. The number of nitrogens with two attached hydrogens (primary N) is 2. The predicted octanol–water partition coefficient (Wildman–Crippen LogP) is 2.27. The first-order valence-electron chi connectivity index (χ1n) is 6.67. The number of rotatable bonds is 2.